The topological polar surface area (TPSA) is 50.4 Å². The van der Waals surface area contributed by atoms with Gasteiger partial charge >= 0.3 is 0 Å². The molecule has 0 bridgehead atoms. The average molecular weight is 318 g/mol. The van der Waals surface area contributed by atoms with Crippen molar-refractivity contribution in [2.45, 2.75) is 18.3 Å². The van der Waals surface area contributed by atoms with Crippen molar-refractivity contribution in [3.05, 3.63) is 89.9 Å². The summed E-state index contributed by atoms with van der Waals surface area (Å²) in [4.78, 5) is 12.9. The van der Waals surface area contributed by atoms with Gasteiger partial charge in [-0.25, -0.2) is 0 Å². The van der Waals surface area contributed by atoms with Crippen molar-refractivity contribution in [1.82, 2.24) is 0 Å². The molecule has 3 aromatic rings. The Morgan fingerprint density at radius 2 is 1.71 bits per heavy atom. The van der Waals surface area contributed by atoms with Crippen LogP contribution in [-0.2, 0) is 0 Å². The van der Waals surface area contributed by atoms with Gasteiger partial charge in [-0.05, 0) is 41.7 Å². The number of aromatic hydroxyl groups is 1. The number of phenols is 1. The second-order valence-corrected chi connectivity index (χ2v) is 6.32. The number of para-hydroxylation sites is 1. The molecule has 0 spiro atoms. The lowest BCUT2D eigenvalue weighted by Crippen LogP contribution is -2.38. The molecule has 24 heavy (non-hydrogen) atoms. The van der Waals surface area contributed by atoms with Crippen molar-refractivity contribution in [3.63, 3.8) is 0 Å². The lowest BCUT2D eigenvalue weighted by atomic mass is 9.58. The van der Waals surface area contributed by atoms with Crippen LogP contribution in [0, 0.1) is 5.92 Å². The minimum Gasteiger partial charge on any atom is -0.507 e. The van der Waals surface area contributed by atoms with E-state index < -0.39 is 0 Å². The summed E-state index contributed by atoms with van der Waals surface area (Å²) in [5.41, 5.74) is 2.69. The van der Waals surface area contributed by atoms with Crippen molar-refractivity contribution < 1.29 is 14.3 Å². The van der Waals surface area contributed by atoms with Gasteiger partial charge in [0.1, 0.15) is 5.75 Å². The summed E-state index contributed by atoms with van der Waals surface area (Å²) in [6, 6.07) is 19.0. The fraction of sp³-hybridized carbons (Fsp3) is 0.190. The van der Waals surface area contributed by atoms with Crippen LogP contribution >= 0.6 is 0 Å². The van der Waals surface area contributed by atoms with Gasteiger partial charge in [0.15, 0.2) is 5.78 Å². The van der Waals surface area contributed by atoms with E-state index in [1.165, 1.54) is 5.56 Å². The third-order valence-corrected chi connectivity index (χ3v) is 5.04. The smallest absolute Gasteiger partial charge is 0.170 e. The standard InChI is InChI=1S/C21H18O3/c22-19-9-5-4-8-16(19)21(23)18-12-17(14-6-2-1-3-7-14)20(18)15-10-11-24-13-15/h1-11,13,17-18,20,22H,12H2/t17-,18?,20-/m1/s1. The highest BCUT2D eigenvalue weighted by Crippen LogP contribution is 2.54. The van der Waals surface area contributed by atoms with E-state index in [1.807, 2.05) is 24.3 Å². The molecule has 1 aliphatic carbocycles. The SMILES string of the molecule is O=C(c1ccccc1O)C1C[C@H](c2ccccc2)[C@H]1c1ccoc1. The molecule has 1 fully saturated rings. The van der Waals surface area contributed by atoms with Crippen LogP contribution in [0.3, 0.4) is 0 Å². The Morgan fingerprint density at radius 1 is 0.958 bits per heavy atom. The maximum atomic E-state index is 12.9. The fourth-order valence-electron chi connectivity index (χ4n) is 3.78. The number of carbonyl (C=O) groups excluding carboxylic acids is 1. The minimum absolute atomic E-state index is 0.00600. The fourth-order valence-corrected chi connectivity index (χ4v) is 3.78. The first kappa shape index (κ1) is 14.8. The summed E-state index contributed by atoms with van der Waals surface area (Å²) in [5, 5.41) is 10.0. The highest BCUT2D eigenvalue weighted by molar-refractivity contribution is 6.01. The monoisotopic (exact) mass is 318 g/mol. The van der Waals surface area contributed by atoms with Crippen LogP contribution in [-0.4, -0.2) is 10.9 Å². The number of hydrogen-bond donors (Lipinski definition) is 1. The Bertz CT molecular complexity index is 837. The van der Waals surface area contributed by atoms with Gasteiger partial charge in [0.2, 0.25) is 0 Å². The molecule has 1 heterocycles. The van der Waals surface area contributed by atoms with E-state index >= 15 is 0 Å². The van der Waals surface area contributed by atoms with E-state index in [-0.39, 0.29) is 23.4 Å². The largest absolute Gasteiger partial charge is 0.507 e. The first-order chi connectivity index (χ1) is 11.8. The van der Waals surface area contributed by atoms with Crippen LogP contribution in [0.4, 0.5) is 0 Å². The van der Waals surface area contributed by atoms with Gasteiger partial charge < -0.3 is 9.52 Å². The van der Waals surface area contributed by atoms with Crippen molar-refractivity contribution in [3.8, 4) is 5.75 Å². The Labute approximate surface area is 140 Å². The predicted molar refractivity (Wildman–Crippen MR) is 91.2 cm³/mol. The van der Waals surface area contributed by atoms with Crippen molar-refractivity contribution in [2.75, 3.05) is 0 Å². The molecule has 1 N–H and O–H groups in total. The summed E-state index contributed by atoms with van der Waals surface area (Å²) in [7, 11) is 0. The highest BCUT2D eigenvalue weighted by atomic mass is 16.3. The molecule has 1 aliphatic rings. The van der Waals surface area contributed by atoms with Gasteiger partial charge in [0.25, 0.3) is 0 Å². The molecule has 4 rings (SSSR count). The van der Waals surface area contributed by atoms with Gasteiger partial charge in [-0.15, -0.1) is 0 Å². The molecule has 3 atom stereocenters. The van der Waals surface area contributed by atoms with Crippen molar-refractivity contribution in [1.29, 1.82) is 0 Å². The Balaban J connectivity index is 1.67. The number of hydrogen-bond acceptors (Lipinski definition) is 3. The van der Waals surface area contributed by atoms with E-state index in [2.05, 4.69) is 12.1 Å². The normalized spacial score (nSPS) is 22.8. The van der Waals surface area contributed by atoms with Crippen LogP contribution in [0.25, 0.3) is 0 Å². The number of ketones is 1. The Morgan fingerprint density at radius 3 is 2.42 bits per heavy atom. The average Bonchev–Trinajstić information content (AvgIpc) is 3.09. The zero-order valence-electron chi connectivity index (χ0n) is 13.1. The zero-order chi connectivity index (χ0) is 16.5. The van der Waals surface area contributed by atoms with Gasteiger partial charge in [0, 0.05) is 11.8 Å². The Kier molecular flexibility index (Phi) is 3.69. The quantitative estimate of drug-likeness (QED) is 0.706. The van der Waals surface area contributed by atoms with E-state index in [0.29, 0.717) is 11.5 Å². The van der Waals surface area contributed by atoms with Crippen LogP contribution in [0.15, 0.2) is 77.6 Å². The van der Waals surface area contributed by atoms with Crippen LogP contribution in [0.1, 0.15) is 39.7 Å². The van der Waals surface area contributed by atoms with Gasteiger partial charge in [-0.3, -0.25) is 4.79 Å². The molecule has 0 amide bonds. The predicted octanol–water partition coefficient (Wildman–Crippen LogP) is 4.76. The molecule has 1 aromatic heterocycles. The molecular weight excluding hydrogens is 300 g/mol. The van der Waals surface area contributed by atoms with E-state index in [1.54, 1.807) is 36.8 Å². The summed E-state index contributed by atoms with van der Waals surface area (Å²) in [5.74, 6) is 0.297. The summed E-state index contributed by atoms with van der Waals surface area (Å²) in [6.07, 6.45) is 4.16. The molecule has 2 aromatic carbocycles. The number of Topliss-reactive ketones (excluding diaryl/α,β-unsaturated/α-hetero) is 1. The first-order valence-electron chi connectivity index (χ1n) is 8.15. The highest BCUT2D eigenvalue weighted by Gasteiger charge is 2.47. The minimum atomic E-state index is -0.138. The number of phenolic OH excluding ortho intramolecular Hbond substituents is 1. The third-order valence-electron chi connectivity index (χ3n) is 5.04. The molecule has 0 radical (unpaired) electrons. The van der Waals surface area contributed by atoms with E-state index in [0.717, 1.165) is 12.0 Å². The number of furan rings is 1. The van der Waals surface area contributed by atoms with Crippen molar-refractivity contribution >= 4 is 5.78 Å². The van der Waals surface area contributed by atoms with Crippen molar-refractivity contribution in [2.24, 2.45) is 5.92 Å². The van der Waals surface area contributed by atoms with Crippen LogP contribution in [0.5, 0.6) is 5.75 Å². The zero-order valence-corrected chi connectivity index (χ0v) is 13.1. The molecule has 120 valence electrons. The molecular formula is C21H18O3. The second-order valence-electron chi connectivity index (χ2n) is 6.32. The molecule has 0 saturated heterocycles. The first-order valence-corrected chi connectivity index (χ1v) is 8.15. The second kappa shape index (κ2) is 6.00. The molecule has 1 unspecified atom stereocenters. The molecule has 3 heteroatoms. The maximum Gasteiger partial charge on any atom is 0.170 e. The van der Waals surface area contributed by atoms with Crippen LogP contribution < -0.4 is 0 Å². The maximum absolute atomic E-state index is 12.9. The molecule has 1 saturated carbocycles. The summed E-state index contributed by atoms with van der Waals surface area (Å²) in [6.45, 7) is 0. The lowest BCUT2D eigenvalue weighted by Gasteiger charge is -2.44. The summed E-state index contributed by atoms with van der Waals surface area (Å²) >= 11 is 0. The number of benzene rings is 2. The van der Waals surface area contributed by atoms with Crippen LogP contribution in [0.2, 0.25) is 0 Å². The van der Waals surface area contributed by atoms with Gasteiger partial charge in [-0.1, -0.05) is 42.5 Å². The lowest BCUT2D eigenvalue weighted by molar-refractivity contribution is 0.0777. The third kappa shape index (κ3) is 2.42. The number of carbonyl (C=O) groups is 1. The molecule has 3 nitrogen and oxygen atoms in total. The Hall–Kier alpha value is -2.81. The van der Waals surface area contributed by atoms with E-state index in [4.69, 9.17) is 4.42 Å². The number of rotatable bonds is 4. The molecule has 0 aliphatic heterocycles. The van der Waals surface area contributed by atoms with Gasteiger partial charge in [0.05, 0.1) is 18.1 Å². The summed E-state index contributed by atoms with van der Waals surface area (Å²) < 4.78 is 5.25. The van der Waals surface area contributed by atoms with E-state index in [9.17, 15) is 9.90 Å². The van der Waals surface area contributed by atoms with Gasteiger partial charge in [-0.2, -0.15) is 0 Å².